The van der Waals surface area contributed by atoms with Gasteiger partial charge in [0.15, 0.2) is 0 Å². The number of aryl methyl sites for hydroxylation is 2. The Morgan fingerprint density at radius 1 is 1.11 bits per heavy atom. The first kappa shape index (κ1) is 20.9. The van der Waals surface area contributed by atoms with Crippen LogP contribution in [0, 0.1) is 13.8 Å². The Morgan fingerprint density at radius 3 is 2.37 bits per heavy atom. The highest BCUT2D eigenvalue weighted by Gasteiger charge is 2.23. The van der Waals surface area contributed by atoms with Gasteiger partial charge in [0.05, 0.1) is 17.5 Å². The molecule has 0 unspecified atom stereocenters. The third-order valence-corrected chi connectivity index (χ3v) is 5.90. The van der Waals surface area contributed by atoms with Crippen molar-refractivity contribution in [2.45, 2.75) is 31.7 Å². The molecule has 2 rings (SSSR count). The number of likely N-dealkylation sites (N-methyl/N-ethyl adjacent to an activating group) is 1. The van der Waals surface area contributed by atoms with E-state index in [4.69, 9.17) is 4.74 Å². The predicted molar refractivity (Wildman–Crippen MR) is 105 cm³/mol. The second kappa shape index (κ2) is 9.01. The van der Waals surface area contributed by atoms with Crippen LogP contribution in [0.15, 0.2) is 53.4 Å². The van der Waals surface area contributed by atoms with Crippen LogP contribution in [0.5, 0.6) is 5.75 Å². The number of para-hydroxylation sites is 1. The SMILES string of the molecule is Cc1ccc(S(=O)(=O)N(C)CC(=O)N[C@H](C)COc2ccccc2C)cc1. The van der Waals surface area contributed by atoms with Crippen LogP contribution in [-0.2, 0) is 14.8 Å². The Balaban J connectivity index is 1.88. The molecule has 1 atom stereocenters. The molecule has 0 aliphatic rings. The monoisotopic (exact) mass is 390 g/mol. The fourth-order valence-electron chi connectivity index (χ4n) is 2.47. The van der Waals surface area contributed by atoms with Gasteiger partial charge in [-0.2, -0.15) is 4.31 Å². The van der Waals surface area contributed by atoms with E-state index >= 15 is 0 Å². The second-order valence-corrected chi connectivity index (χ2v) is 8.66. The molecule has 0 aliphatic heterocycles. The molecule has 6 nitrogen and oxygen atoms in total. The summed E-state index contributed by atoms with van der Waals surface area (Å²) in [5.74, 6) is 0.381. The number of carbonyl (C=O) groups excluding carboxylic acids is 1. The van der Waals surface area contributed by atoms with Gasteiger partial charge in [-0.3, -0.25) is 4.79 Å². The molecule has 0 heterocycles. The number of hydrogen-bond acceptors (Lipinski definition) is 4. The molecule has 27 heavy (non-hydrogen) atoms. The maximum Gasteiger partial charge on any atom is 0.243 e. The fraction of sp³-hybridized carbons (Fsp3) is 0.350. The van der Waals surface area contributed by atoms with Crippen LogP contribution in [0.2, 0.25) is 0 Å². The van der Waals surface area contributed by atoms with Gasteiger partial charge in [0.2, 0.25) is 15.9 Å². The van der Waals surface area contributed by atoms with E-state index in [0.717, 1.165) is 21.2 Å². The number of benzene rings is 2. The van der Waals surface area contributed by atoms with E-state index < -0.39 is 10.0 Å². The summed E-state index contributed by atoms with van der Waals surface area (Å²) in [4.78, 5) is 12.4. The Bertz CT molecular complexity index is 879. The molecule has 146 valence electrons. The average Bonchev–Trinajstić information content (AvgIpc) is 2.61. The van der Waals surface area contributed by atoms with Gasteiger partial charge in [0.1, 0.15) is 12.4 Å². The van der Waals surface area contributed by atoms with E-state index in [2.05, 4.69) is 5.32 Å². The molecule has 1 N–H and O–H groups in total. The highest BCUT2D eigenvalue weighted by Crippen LogP contribution is 2.16. The van der Waals surface area contributed by atoms with E-state index in [1.807, 2.05) is 45.0 Å². The van der Waals surface area contributed by atoms with Crippen molar-refractivity contribution in [3.63, 3.8) is 0 Å². The third kappa shape index (κ3) is 5.80. The maximum atomic E-state index is 12.5. The first-order valence-corrected chi connectivity index (χ1v) is 10.1. The first-order chi connectivity index (χ1) is 12.7. The van der Waals surface area contributed by atoms with E-state index in [0.29, 0.717) is 6.61 Å². The van der Waals surface area contributed by atoms with Crippen LogP contribution >= 0.6 is 0 Å². The van der Waals surface area contributed by atoms with Crippen LogP contribution in [0.4, 0.5) is 0 Å². The third-order valence-electron chi connectivity index (χ3n) is 4.09. The summed E-state index contributed by atoms with van der Waals surface area (Å²) in [6, 6.07) is 13.9. The van der Waals surface area contributed by atoms with Gasteiger partial charge in [-0.15, -0.1) is 0 Å². The number of nitrogens with one attached hydrogen (secondary N) is 1. The lowest BCUT2D eigenvalue weighted by atomic mass is 10.2. The van der Waals surface area contributed by atoms with Gasteiger partial charge < -0.3 is 10.1 Å². The summed E-state index contributed by atoms with van der Waals surface area (Å²) in [5, 5.41) is 2.76. The molecule has 2 aromatic carbocycles. The normalized spacial score (nSPS) is 12.6. The van der Waals surface area contributed by atoms with Crippen LogP contribution in [0.1, 0.15) is 18.1 Å². The second-order valence-electron chi connectivity index (χ2n) is 6.62. The zero-order chi connectivity index (χ0) is 20.0. The predicted octanol–water partition coefficient (Wildman–Crippen LogP) is 2.51. The Morgan fingerprint density at radius 2 is 1.74 bits per heavy atom. The quantitative estimate of drug-likeness (QED) is 0.751. The van der Waals surface area contributed by atoms with Crippen molar-refractivity contribution >= 4 is 15.9 Å². The molecular weight excluding hydrogens is 364 g/mol. The highest BCUT2D eigenvalue weighted by molar-refractivity contribution is 7.89. The van der Waals surface area contributed by atoms with E-state index in [1.54, 1.807) is 12.1 Å². The van der Waals surface area contributed by atoms with Crippen molar-refractivity contribution in [3.8, 4) is 5.75 Å². The van der Waals surface area contributed by atoms with E-state index in [1.165, 1.54) is 19.2 Å². The topological polar surface area (TPSA) is 75.7 Å². The molecule has 0 aliphatic carbocycles. The summed E-state index contributed by atoms with van der Waals surface area (Å²) in [6.07, 6.45) is 0. The fourth-order valence-corrected chi connectivity index (χ4v) is 3.60. The molecule has 0 saturated carbocycles. The Labute approximate surface area is 161 Å². The molecule has 0 fully saturated rings. The van der Waals surface area contributed by atoms with Crippen molar-refractivity contribution in [1.29, 1.82) is 0 Å². The number of hydrogen-bond donors (Lipinski definition) is 1. The lowest BCUT2D eigenvalue weighted by Gasteiger charge is -2.20. The molecule has 0 bridgehead atoms. The van der Waals surface area contributed by atoms with Crippen LogP contribution in [0.25, 0.3) is 0 Å². The molecule has 1 amide bonds. The highest BCUT2D eigenvalue weighted by atomic mass is 32.2. The largest absolute Gasteiger partial charge is 0.491 e. The molecule has 7 heteroatoms. The minimum Gasteiger partial charge on any atom is -0.491 e. The number of ether oxygens (including phenoxy) is 1. The molecular formula is C20H26N2O4S. The van der Waals surface area contributed by atoms with Crippen LogP contribution in [0.3, 0.4) is 0 Å². The van der Waals surface area contributed by atoms with Crippen molar-refractivity contribution in [2.75, 3.05) is 20.2 Å². The molecule has 0 spiro atoms. The number of sulfonamides is 1. The molecule has 0 radical (unpaired) electrons. The zero-order valence-corrected chi connectivity index (χ0v) is 16.9. The van der Waals surface area contributed by atoms with E-state index in [-0.39, 0.29) is 23.4 Å². The van der Waals surface area contributed by atoms with Crippen LogP contribution in [-0.4, -0.2) is 44.9 Å². The number of nitrogens with zero attached hydrogens (tertiary/aromatic N) is 1. The van der Waals surface area contributed by atoms with Crippen LogP contribution < -0.4 is 10.1 Å². The minimum atomic E-state index is -3.71. The van der Waals surface area contributed by atoms with Crippen molar-refractivity contribution in [1.82, 2.24) is 9.62 Å². The lowest BCUT2D eigenvalue weighted by Crippen LogP contribution is -2.43. The average molecular weight is 391 g/mol. The zero-order valence-electron chi connectivity index (χ0n) is 16.1. The standard InChI is InChI=1S/C20H26N2O4S/c1-15-9-11-18(12-10-15)27(24,25)22(4)13-20(23)21-17(3)14-26-19-8-6-5-7-16(19)2/h5-12,17H,13-14H2,1-4H3,(H,21,23)/t17-/m1/s1. The van der Waals surface area contributed by atoms with Gasteiger partial charge in [-0.1, -0.05) is 35.9 Å². The Kier molecular flexibility index (Phi) is 6.98. The van der Waals surface area contributed by atoms with Crippen molar-refractivity contribution < 1.29 is 17.9 Å². The summed E-state index contributed by atoms with van der Waals surface area (Å²) >= 11 is 0. The first-order valence-electron chi connectivity index (χ1n) is 8.71. The van der Waals surface area contributed by atoms with Gasteiger partial charge in [0.25, 0.3) is 0 Å². The summed E-state index contributed by atoms with van der Waals surface area (Å²) < 4.78 is 31.8. The molecule has 0 aromatic heterocycles. The summed E-state index contributed by atoms with van der Waals surface area (Å²) in [7, 11) is -2.31. The number of amides is 1. The summed E-state index contributed by atoms with van der Waals surface area (Å²) in [5.41, 5.74) is 1.98. The van der Waals surface area contributed by atoms with Crippen molar-refractivity contribution in [3.05, 3.63) is 59.7 Å². The molecule has 2 aromatic rings. The minimum absolute atomic E-state index is 0.166. The maximum absolute atomic E-state index is 12.5. The van der Waals surface area contributed by atoms with Gasteiger partial charge >= 0.3 is 0 Å². The van der Waals surface area contributed by atoms with Gasteiger partial charge in [0, 0.05) is 7.05 Å². The number of rotatable bonds is 8. The lowest BCUT2D eigenvalue weighted by molar-refractivity contribution is -0.121. The summed E-state index contributed by atoms with van der Waals surface area (Å²) in [6.45, 7) is 5.68. The van der Waals surface area contributed by atoms with Gasteiger partial charge in [-0.05, 0) is 44.5 Å². The van der Waals surface area contributed by atoms with Crippen molar-refractivity contribution in [2.24, 2.45) is 0 Å². The van der Waals surface area contributed by atoms with E-state index in [9.17, 15) is 13.2 Å². The smallest absolute Gasteiger partial charge is 0.243 e. The number of carbonyl (C=O) groups is 1. The van der Waals surface area contributed by atoms with Gasteiger partial charge in [-0.25, -0.2) is 8.42 Å². The Hall–Kier alpha value is -2.38. The molecule has 0 saturated heterocycles.